The van der Waals surface area contributed by atoms with Crippen LogP contribution in [0.25, 0.3) is 11.1 Å². The Morgan fingerprint density at radius 3 is 2.12 bits per heavy atom. The molecule has 0 aliphatic heterocycles. The largest absolute Gasteiger partial charge is 0.350 e. The molecule has 1 unspecified atom stereocenters. The lowest BCUT2D eigenvalue weighted by atomic mass is 10.1. The number of rotatable bonds is 4. The van der Waals surface area contributed by atoms with Crippen LogP contribution >= 0.6 is 20.4 Å². The standard InChI is InChI=1S/C14H15OPS/c1-16(15-11-17)14-9-7-13(8-10-14)12-5-3-2-4-6-12/h2-10,16-17H,1,11H2. The first kappa shape index (κ1) is 12.5. The molecule has 0 aliphatic carbocycles. The highest BCUT2D eigenvalue weighted by Gasteiger charge is 1.99. The lowest BCUT2D eigenvalue weighted by molar-refractivity contribution is 0.456. The Labute approximate surface area is 108 Å². The van der Waals surface area contributed by atoms with Crippen LogP contribution in [0.15, 0.2) is 54.6 Å². The predicted octanol–water partition coefficient (Wildman–Crippen LogP) is 3.44. The lowest BCUT2D eigenvalue weighted by Gasteiger charge is -2.08. The number of hydrogen-bond acceptors (Lipinski definition) is 2. The van der Waals surface area contributed by atoms with Crippen LogP contribution in [-0.4, -0.2) is 12.2 Å². The average molecular weight is 262 g/mol. The molecule has 0 saturated carbocycles. The molecule has 0 aromatic heterocycles. The van der Waals surface area contributed by atoms with Gasteiger partial charge >= 0.3 is 0 Å². The fourth-order valence-corrected chi connectivity index (χ4v) is 2.97. The summed E-state index contributed by atoms with van der Waals surface area (Å²) in [6.07, 6.45) is 4.03. The van der Waals surface area contributed by atoms with Gasteiger partial charge in [-0.25, -0.2) is 0 Å². The van der Waals surface area contributed by atoms with E-state index in [1.54, 1.807) is 0 Å². The summed E-state index contributed by atoms with van der Waals surface area (Å²) in [6.45, 7) is 0. The van der Waals surface area contributed by atoms with Gasteiger partial charge in [0.2, 0.25) is 0 Å². The summed E-state index contributed by atoms with van der Waals surface area (Å²) in [7, 11) is -1.14. The highest BCUT2D eigenvalue weighted by atomic mass is 32.1. The monoisotopic (exact) mass is 262 g/mol. The molecule has 88 valence electrons. The zero-order chi connectivity index (χ0) is 12.1. The van der Waals surface area contributed by atoms with Crippen LogP contribution in [0.3, 0.4) is 0 Å². The van der Waals surface area contributed by atoms with Gasteiger partial charge in [0, 0.05) is 7.77 Å². The van der Waals surface area contributed by atoms with E-state index in [1.165, 1.54) is 16.4 Å². The van der Waals surface area contributed by atoms with E-state index >= 15 is 0 Å². The van der Waals surface area contributed by atoms with Crippen molar-refractivity contribution in [3.05, 3.63) is 54.6 Å². The SMILES string of the molecule is C=[PH](OCS)c1ccc(-c2ccccc2)cc1. The van der Waals surface area contributed by atoms with Crippen molar-refractivity contribution in [3.8, 4) is 11.1 Å². The molecule has 0 amide bonds. The van der Waals surface area contributed by atoms with E-state index < -0.39 is 7.77 Å². The summed E-state index contributed by atoms with van der Waals surface area (Å²) in [5.74, 6) is 0.429. The zero-order valence-corrected chi connectivity index (χ0v) is 11.4. The Morgan fingerprint density at radius 1 is 0.941 bits per heavy atom. The Balaban J connectivity index is 2.22. The smallest absolute Gasteiger partial charge is 0.0934 e. The second-order valence-corrected chi connectivity index (χ2v) is 5.61. The van der Waals surface area contributed by atoms with Gasteiger partial charge in [-0.1, -0.05) is 60.9 Å². The quantitative estimate of drug-likeness (QED) is 0.504. The number of benzene rings is 2. The molecule has 2 aromatic carbocycles. The summed E-state index contributed by atoms with van der Waals surface area (Å²) in [5, 5.41) is 1.17. The third kappa shape index (κ3) is 3.26. The van der Waals surface area contributed by atoms with Gasteiger partial charge in [0.05, 0.1) is 5.94 Å². The van der Waals surface area contributed by atoms with Gasteiger partial charge in [-0.15, -0.1) is 0 Å². The Bertz CT molecular complexity index is 493. The van der Waals surface area contributed by atoms with Crippen LogP contribution in [-0.2, 0) is 4.52 Å². The van der Waals surface area contributed by atoms with E-state index in [2.05, 4.69) is 55.3 Å². The summed E-state index contributed by atoms with van der Waals surface area (Å²) in [5.41, 5.74) is 2.45. The van der Waals surface area contributed by atoms with Gasteiger partial charge in [-0.2, -0.15) is 12.6 Å². The van der Waals surface area contributed by atoms with Crippen LogP contribution in [0.5, 0.6) is 0 Å². The normalized spacial score (nSPS) is 12.3. The van der Waals surface area contributed by atoms with E-state index in [0.29, 0.717) is 5.94 Å². The molecule has 0 aliphatic rings. The molecule has 1 atom stereocenters. The van der Waals surface area contributed by atoms with Crippen molar-refractivity contribution in [2.75, 3.05) is 5.94 Å². The summed E-state index contributed by atoms with van der Waals surface area (Å²) >= 11 is 4.05. The second kappa shape index (κ2) is 6.11. The maximum Gasteiger partial charge on any atom is 0.0934 e. The van der Waals surface area contributed by atoms with Crippen LogP contribution in [0.4, 0.5) is 0 Å². The van der Waals surface area contributed by atoms with Crippen LogP contribution in [0.2, 0.25) is 0 Å². The summed E-state index contributed by atoms with van der Waals surface area (Å²) in [4.78, 5) is 0. The van der Waals surface area contributed by atoms with Crippen molar-refractivity contribution in [3.63, 3.8) is 0 Å². The van der Waals surface area contributed by atoms with Crippen molar-refractivity contribution >= 4 is 32.0 Å². The van der Waals surface area contributed by atoms with E-state index in [9.17, 15) is 0 Å². The highest BCUT2D eigenvalue weighted by Crippen LogP contribution is 2.24. The molecule has 0 spiro atoms. The van der Waals surface area contributed by atoms with Gasteiger partial charge in [0.25, 0.3) is 0 Å². The molecule has 0 fully saturated rings. The second-order valence-electron chi connectivity index (χ2n) is 3.64. The zero-order valence-electron chi connectivity index (χ0n) is 9.47. The molecule has 17 heavy (non-hydrogen) atoms. The maximum absolute atomic E-state index is 5.43. The Morgan fingerprint density at radius 2 is 1.53 bits per heavy atom. The predicted molar refractivity (Wildman–Crippen MR) is 81.9 cm³/mol. The first-order valence-corrected chi connectivity index (χ1v) is 7.64. The summed E-state index contributed by atoms with van der Waals surface area (Å²) < 4.78 is 5.43. The molecule has 0 bridgehead atoms. The average Bonchev–Trinajstić information content (AvgIpc) is 2.40. The van der Waals surface area contributed by atoms with Crippen molar-refractivity contribution in [2.45, 2.75) is 0 Å². The lowest BCUT2D eigenvalue weighted by Crippen LogP contribution is -1.97. The van der Waals surface area contributed by atoms with Crippen molar-refractivity contribution < 1.29 is 4.52 Å². The van der Waals surface area contributed by atoms with E-state index in [4.69, 9.17) is 4.52 Å². The summed E-state index contributed by atoms with van der Waals surface area (Å²) in [6, 6.07) is 18.7. The molecule has 3 heteroatoms. The van der Waals surface area contributed by atoms with Crippen molar-refractivity contribution in [2.24, 2.45) is 0 Å². The van der Waals surface area contributed by atoms with Crippen molar-refractivity contribution in [1.82, 2.24) is 0 Å². The van der Waals surface area contributed by atoms with E-state index in [-0.39, 0.29) is 0 Å². The van der Waals surface area contributed by atoms with Gasteiger partial charge in [0.15, 0.2) is 0 Å². The molecule has 2 rings (SSSR count). The topological polar surface area (TPSA) is 9.23 Å². The molecule has 0 saturated heterocycles. The van der Waals surface area contributed by atoms with Crippen LogP contribution < -0.4 is 5.30 Å². The van der Waals surface area contributed by atoms with E-state index in [0.717, 1.165) is 0 Å². The molecular formula is C14H15OPS. The Kier molecular flexibility index (Phi) is 4.49. The van der Waals surface area contributed by atoms with Crippen LogP contribution in [0, 0.1) is 0 Å². The van der Waals surface area contributed by atoms with Gasteiger partial charge in [0.1, 0.15) is 0 Å². The molecule has 1 nitrogen and oxygen atoms in total. The maximum atomic E-state index is 5.43. The third-order valence-corrected chi connectivity index (χ3v) is 4.39. The Hall–Kier alpha value is -0.950. The molecule has 2 aromatic rings. The number of thiol groups is 1. The highest BCUT2D eigenvalue weighted by molar-refractivity contribution is 7.80. The van der Waals surface area contributed by atoms with Gasteiger partial charge in [-0.05, 0) is 16.4 Å². The minimum Gasteiger partial charge on any atom is -0.350 e. The fourth-order valence-electron chi connectivity index (χ4n) is 1.64. The first-order chi connectivity index (χ1) is 8.31. The van der Waals surface area contributed by atoms with Crippen molar-refractivity contribution in [1.29, 1.82) is 0 Å². The minimum absolute atomic E-state index is 0.429. The molecule has 0 heterocycles. The molecular weight excluding hydrogens is 247 g/mol. The van der Waals surface area contributed by atoms with Gasteiger partial charge < -0.3 is 4.52 Å². The van der Waals surface area contributed by atoms with Crippen LogP contribution in [0.1, 0.15) is 0 Å². The molecule has 0 N–H and O–H groups in total. The number of hydrogen-bond donors (Lipinski definition) is 1. The van der Waals surface area contributed by atoms with E-state index in [1.807, 2.05) is 18.2 Å². The van der Waals surface area contributed by atoms with Gasteiger partial charge in [-0.3, -0.25) is 0 Å². The third-order valence-electron chi connectivity index (χ3n) is 2.55. The molecule has 0 radical (unpaired) electrons. The first-order valence-electron chi connectivity index (χ1n) is 5.39. The fraction of sp³-hybridized carbons (Fsp3) is 0.0714. The minimum atomic E-state index is -1.14.